The van der Waals surface area contributed by atoms with E-state index < -0.39 is 6.10 Å². The van der Waals surface area contributed by atoms with Gasteiger partial charge in [0, 0.05) is 18.7 Å². The third kappa shape index (κ3) is 4.83. The molecule has 0 saturated carbocycles. The Bertz CT molecular complexity index is 668. The highest BCUT2D eigenvalue weighted by Crippen LogP contribution is 2.18. The Kier molecular flexibility index (Phi) is 6.08. The molecule has 1 aromatic carbocycles. The highest BCUT2D eigenvalue weighted by Gasteiger charge is 2.18. The number of carbonyl (C=O) groups is 1. The number of aromatic nitrogens is 4. The minimum Gasteiger partial charge on any atom is -0.390 e. The van der Waals surface area contributed by atoms with Gasteiger partial charge in [-0.05, 0) is 37.2 Å². The summed E-state index contributed by atoms with van der Waals surface area (Å²) in [4.78, 5) is 14.8. The van der Waals surface area contributed by atoms with E-state index in [4.69, 9.17) is 0 Å². The molecule has 25 heavy (non-hydrogen) atoms. The quantitative estimate of drug-likeness (QED) is 0.717. The van der Waals surface area contributed by atoms with E-state index in [1.54, 1.807) is 18.2 Å². The molecule has 1 aliphatic rings. The Balaban J connectivity index is 1.56. The molecule has 0 aliphatic carbocycles. The van der Waals surface area contributed by atoms with Crippen molar-refractivity contribution in [2.75, 3.05) is 26.2 Å². The molecule has 8 heteroatoms. The summed E-state index contributed by atoms with van der Waals surface area (Å²) < 4.78 is 0. The molecule has 1 unspecified atom stereocenters. The van der Waals surface area contributed by atoms with Crippen molar-refractivity contribution in [1.29, 1.82) is 0 Å². The topological polar surface area (TPSA) is 107 Å². The molecule has 1 atom stereocenters. The number of nitrogens with zero attached hydrogens (tertiary/aromatic N) is 4. The summed E-state index contributed by atoms with van der Waals surface area (Å²) >= 11 is 0. The Hall–Kier alpha value is -2.32. The van der Waals surface area contributed by atoms with Crippen LogP contribution in [0.1, 0.15) is 36.0 Å². The Morgan fingerprint density at radius 1 is 1.24 bits per heavy atom. The lowest BCUT2D eigenvalue weighted by Crippen LogP contribution is -2.40. The normalized spacial score (nSPS) is 17.0. The van der Waals surface area contributed by atoms with Crippen molar-refractivity contribution in [3.05, 3.63) is 29.8 Å². The summed E-state index contributed by atoms with van der Waals surface area (Å²) in [5, 5.41) is 26.8. The lowest BCUT2D eigenvalue weighted by molar-refractivity contribution is 0.0863. The summed E-state index contributed by atoms with van der Waals surface area (Å²) in [5.74, 6) is 0.117. The molecule has 0 bridgehead atoms. The number of amides is 1. The number of aliphatic hydroxyl groups is 1. The van der Waals surface area contributed by atoms with Crippen LogP contribution in [0.25, 0.3) is 11.4 Å². The number of H-pyrrole nitrogens is 1. The molecule has 134 valence electrons. The summed E-state index contributed by atoms with van der Waals surface area (Å²) in [6, 6.07) is 7.08. The predicted octanol–water partition coefficient (Wildman–Crippen LogP) is 0.833. The molecule has 3 N–H and O–H groups in total. The Labute approximate surface area is 146 Å². The molecule has 2 heterocycles. The third-order valence-electron chi connectivity index (χ3n) is 4.42. The van der Waals surface area contributed by atoms with Crippen LogP contribution in [0.3, 0.4) is 0 Å². The van der Waals surface area contributed by atoms with Crippen molar-refractivity contribution in [3.8, 4) is 11.4 Å². The maximum absolute atomic E-state index is 12.5. The van der Waals surface area contributed by atoms with Gasteiger partial charge in [-0.15, -0.1) is 10.2 Å². The van der Waals surface area contributed by atoms with Crippen LogP contribution >= 0.6 is 0 Å². The predicted molar refractivity (Wildman–Crippen MR) is 92.9 cm³/mol. The van der Waals surface area contributed by atoms with Gasteiger partial charge in [0.05, 0.1) is 11.7 Å². The third-order valence-corrected chi connectivity index (χ3v) is 4.42. The second kappa shape index (κ2) is 8.68. The lowest BCUT2D eigenvalue weighted by atomic mass is 10.1. The minimum absolute atomic E-state index is 0.218. The van der Waals surface area contributed by atoms with Gasteiger partial charge in [-0.25, -0.2) is 0 Å². The number of carbonyl (C=O) groups excluding carboxylic acids is 1. The standard InChI is InChI=1S/C17H24N6O2/c24-13(12-23-9-5-1-2-6-10-23)11-18-17(25)15-8-4-3-7-14(15)16-19-21-22-20-16/h3-4,7-8,13,24H,1-2,5-6,9-12H2,(H,18,25)(H,19,20,21,22). The van der Waals surface area contributed by atoms with E-state index in [2.05, 4.69) is 30.8 Å². The zero-order valence-electron chi connectivity index (χ0n) is 14.2. The van der Waals surface area contributed by atoms with E-state index in [-0.39, 0.29) is 12.5 Å². The van der Waals surface area contributed by atoms with Crippen LogP contribution in [-0.2, 0) is 0 Å². The molecule has 1 amide bonds. The van der Waals surface area contributed by atoms with Crippen LogP contribution in [0.5, 0.6) is 0 Å². The molecule has 2 aromatic rings. The Morgan fingerprint density at radius 3 is 2.72 bits per heavy atom. The second-order valence-corrected chi connectivity index (χ2v) is 6.36. The van der Waals surface area contributed by atoms with Gasteiger partial charge in [0.15, 0.2) is 0 Å². The van der Waals surface area contributed by atoms with Gasteiger partial charge in [-0.3, -0.25) is 4.79 Å². The van der Waals surface area contributed by atoms with Crippen molar-refractivity contribution in [1.82, 2.24) is 30.8 Å². The number of tetrazole rings is 1. The monoisotopic (exact) mass is 344 g/mol. The first-order valence-electron chi connectivity index (χ1n) is 8.75. The van der Waals surface area contributed by atoms with Gasteiger partial charge < -0.3 is 15.3 Å². The van der Waals surface area contributed by atoms with Crippen LogP contribution < -0.4 is 5.32 Å². The average Bonchev–Trinajstić information content (AvgIpc) is 3.05. The number of nitrogens with one attached hydrogen (secondary N) is 2. The number of rotatable bonds is 6. The number of hydrogen-bond donors (Lipinski definition) is 3. The van der Waals surface area contributed by atoms with E-state index in [0.717, 1.165) is 13.1 Å². The molecule has 1 saturated heterocycles. The number of likely N-dealkylation sites (tertiary alicyclic amines) is 1. The van der Waals surface area contributed by atoms with E-state index in [1.165, 1.54) is 25.7 Å². The maximum atomic E-state index is 12.5. The summed E-state index contributed by atoms with van der Waals surface area (Å²) in [6.07, 6.45) is 4.29. The van der Waals surface area contributed by atoms with Crippen LogP contribution in [0.2, 0.25) is 0 Å². The van der Waals surface area contributed by atoms with Crippen LogP contribution in [-0.4, -0.2) is 68.8 Å². The average molecular weight is 344 g/mol. The van der Waals surface area contributed by atoms with Gasteiger partial charge in [0.2, 0.25) is 5.82 Å². The van der Waals surface area contributed by atoms with Crippen molar-refractivity contribution in [2.45, 2.75) is 31.8 Å². The van der Waals surface area contributed by atoms with Crippen LogP contribution in [0.4, 0.5) is 0 Å². The van der Waals surface area contributed by atoms with E-state index in [1.807, 2.05) is 6.07 Å². The number of β-amino-alcohol motifs (C(OH)–C–C–N with tert-alkyl or cyclic N) is 1. The first kappa shape index (κ1) is 17.5. The fourth-order valence-corrected chi connectivity index (χ4v) is 3.14. The number of aliphatic hydroxyl groups excluding tert-OH is 1. The van der Waals surface area contributed by atoms with E-state index >= 15 is 0 Å². The maximum Gasteiger partial charge on any atom is 0.252 e. The summed E-state index contributed by atoms with van der Waals surface area (Å²) in [6.45, 7) is 2.85. The van der Waals surface area contributed by atoms with Crippen molar-refractivity contribution in [2.24, 2.45) is 0 Å². The SMILES string of the molecule is O=C(NCC(O)CN1CCCCCC1)c1ccccc1-c1nn[nH]n1. The van der Waals surface area contributed by atoms with Gasteiger partial charge in [-0.2, -0.15) is 5.21 Å². The molecular weight excluding hydrogens is 320 g/mol. The minimum atomic E-state index is -0.584. The van der Waals surface area contributed by atoms with Crippen LogP contribution in [0.15, 0.2) is 24.3 Å². The lowest BCUT2D eigenvalue weighted by Gasteiger charge is -2.23. The summed E-state index contributed by atoms with van der Waals surface area (Å²) in [7, 11) is 0. The fraction of sp³-hybridized carbons (Fsp3) is 0.529. The zero-order valence-corrected chi connectivity index (χ0v) is 14.2. The molecule has 3 rings (SSSR count). The molecule has 1 fully saturated rings. The first-order chi connectivity index (χ1) is 12.2. The number of benzene rings is 1. The van der Waals surface area contributed by atoms with Gasteiger partial charge >= 0.3 is 0 Å². The van der Waals surface area contributed by atoms with Crippen molar-refractivity contribution in [3.63, 3.8) is 0 Å². The fourth-order valence-electron chi connectivity index (χ4n) is 3.14. The smallest absolute Gasteiger partial charge is 0.252 e. The molecule has 0 radical (unpaired) electrons. The molecule has 0 spiro atoms. The molecule has 1 aliphatic heterocycles. The highest BCUT2D eigenvalue weighted by molar-refractivity contribution is 6.00. The summed E-state index contributed by atoms with van der Waals surface area (Å²) in [5.41, 5.74) is 1.07. The van der Waals surface area contributed by atoms with Gasteiger partial charge in [0.1, 0.15) is 0 Å². The highest BCUT2D eigenvalue weighted by atomic mass is 16.3. The van der Waals surface area contributed by atoms with Gasteiger partial charge in [-0.1, -0.05) is 31.0 Å². The second-order valence-electron chi connectivity index (χ2n) is 6.36. The first-order valence-corrected chi connectivity index (χ1v) is 8.75. The zero-order chi connectivity index (χ0) is 17.5. The van der Waals surface area contributed by atoms with E-state index in [0.29, 0.717) is 23.5 Å². The largest absolute Gasteiger partial charge is 0.390 e. The number of hydrogen-bond acceptors (Lipinski definition) is 6. The molecular formula is C17H24N6O2. The van der Waals surface area contributed by atoms with Crippen molar-refractivity contribution >= 4 is 5.91 Å². The number of aromatic amines is 1. The van der Waals surface area contributed by atoms with Crippen molar-refractivity contribution < 1.29 is 9.90 Å². The van der Waals surface area contributed by atoms with E-state index in [9.17, 15) is 9.90 Å². The van der Waals surface area contributed by atoms with Gasteiger partial charge in [0.25, 0.3) is 5.91 Å². The molecule has 8 nitrogen and oxygen atoms in total. The Morgan fingerprint density at radius 2 is 2.00 bits per heavy atom. The molecule has 1 aromatic heterocycles. The van der Waals surface area contributed by atoms with Crippen LogP contribution in [0, 0.1) is 0 Å².